The quantitative estimate of drug-likeness (QED) is 0.262. The molecule has 0 saturated carbocycles. The highest BCUT2D eigenvalue weighted by Crippen LogP contribution is 2.19. The predicted molar refractivity (Wildman–Crippen MR) is 134 cm³/mol. The number of ether oxygens (including phenoxy) is 2. The zero-order valence-corrected chi connectivity index (χ0v) is 20.4. The number of nitrogens with one attached hydrogen (secondary N) is 3. The monoisotopic (exact) mass is 493 g/mol. The van der Waals surface area contributed by atoms with E-state index in [9.17, 15) is 19.2 Å². The normalized spacial score (nSPS) is 12.4. The van der Waals surface area contributed by atoms with Crippen LogP contribution < -0.4 is 10.6 Å². The highest BCUT2D eigenvalue weighted by molar-refractivity contribution is 6.06. The van der Waals surface area contributed by atoms with Gasteiger partial charge in [0.2, 0.25) is 5.91 Å². The van der Waals surface area contributed by atoms with Crippen LogP contribution >= 0.6 is 0 Å². The fourth-order valence-electron chi connectivity index (χ4n) is 3.77. The predicted octanol–water partition coefficient (Wildman–Crippen LogP) is 3.42. The number of aromatic amines is 1. The van der Waals surface area contributed by atoms with Gasteiger partial charge in [-0.25, -0.2) is 9.59 Å². The number of hydrogen-bond donors (Lipinski definition) is 3. The molecule has 2 atom stereocenters. The second-order valence-corrected chi connectivity index (χ2v) is 8.23. The van der Waals surface area contributed by atoms with Gasteiger partial charge in [0.25, 0.3) is 0 Å². The van der Waals surface area contributed by atoms with Gasteiger partial charge in [-0.1, -0.05) is 55.5 Å². The lowest BCUT2D eigenvalue weighted by Crippen LogP contribution is -2.55. The summed E-state index contributed by atoms with van der Waals surface area (Å²) in [6, 6.07) is 14.1. The van der Waals surface area contributed by atoms with Crippen LogP contribution in [0.2, 0.25) is 0 Å². The number of para-hydroxylation sites is 1. The van der Waals surface area contributed by atoms with Gasteiger partial charge in [-0.15, -0.1) is 0 Å². The molecule has 0 radical (unpaired) electrons. The highest BCUT2D eigenvalue weighted by atomic mass is 16.5. The van der Waals surface area contributed by atoms with Crippen molar-refractivity contribution >= 4 is 34.7 Å². The number of ketones is 1. The number of aromatic nitrogens is 1. The molecule has 3 N–H and O–H groups in total. The molecule has 2 aromatic carbocycles. The number of carbonyl (C=O) groups excluding carboxylic acids is 4. The molecular formula is C27H31N3O6. The van der Waals surface area contributed by atoms with Gasteiger partial charge in [0.1, 0.15) is 12.6 Å². The van der Waals surface area contributed by atoms with Gasteiger partial charge in [0.15, 0.2) is 11.8 Å². The summed E-state index contributed by atoms with van der Waals surface area (Å²) in [4.78, 5) is 54.0. The van der Waals surface area contributed by atoms with Gasteiger partial charge in [-0.05, 0) is 30.5 Å². The Labute approximate surface area is 209 Å². The van der Waals surface area contributed by atoms with Crippen LogP contribution in [0.1, 0.15) is 37.8 Å². The van der Waals surface area contributed by atoms with Crippen LogP contribution in [-0.4, -0.2) is 47.4 Å². The van der Waals surface area contributed by atoms with E-state index in [1.807, 2.05) is 54.6 Å². The first kappa shape index (κ1) is 26.5. The topological polar surface area (TPSA) is 127 Å². The fourth-order valence-corrected chi connectivity index (χ4v) is 3.77. The first-order chi connectivity index (χ1) is 17.4. The molecule has 36 heavy (non-hydrogen) atoms. The summed E-state index contributed by atoms with van der Waals surface area (Å²) in [7, 11) is 0. The molecule has 3 aromatic rings. The lowest BCUT2D eigenvalue weighted by molar-refractivity contribution is -0.150. The summed E-state index contributed by atoms with van der Waals surface area (Å²) in [5, 5.41) is 5.96. The first-order valence-corrected chi connectivity index (χ1v) is 11.9. The van der Waals surface area contributed by atoms with Gasteiger partial charge in [-0.2, -0.15) is 0 Å². The van der Waals surface area contributed by atoms with Gasteiger partial charge in [-0.3, -0.25) is 9.59 Å². The largest absolute Gasteiger partial charge is 0.464 e. The number of esters is 1. The molecule has 0 fully saturated rings. The molecule has 190 valence electrons. The Morgan fingerprint density at radius 1 is 0.917 bits per heavy atom. The third-order valence-corrected chi connectivity index (χ3v) is 5.55. The molecule has 2 amide bonds. The number of alkyl carbamates (subject to hydrolysis) is 1. The van der Waals surface area contributed by atoms with E-state index in [2.05, 4.69) is 15.6 Å². The second kappa shape index (κ2) is 13.1. The van der Waals surface area contributed by atoms with Gasteiger partial charge in [0.05, 0.1) is 6.61 Å². The van der Waals surface area contributed by atoms with E-state index in [0.29, 0.717) is 6.42 Å². The summed E-state index contributed by atoms with van der Waals surface area (Å²) in [5.41, 5.74) is 2.44. The number of hydrogen-bond acceptors (Lipinski definition) is 6. The Morgan fingerprint density at radius 3 is 2.36 bits per heavy atom. The van der Waals surface area contributed by atoms with E-state index in [4.69, 9.17) is 9.47 Å². The van der Waals surface area contributed by atoms with E-state index in [1.165, 1.54) is 0 Å². The molecule has 0 aliphatic rings. The van der Waals surface area contributed by atoms with E-state index < -0.39 is 35.8 Å². The maximum atomic E-state index is 13.3. The van der Waals surface area contributed by atoms with Crippen LogP contribution in [0.5, 0.6) is 0 Å². The van der Waals surface area contributed by atoms with Gasteiger partial charge in [0, 0.05) is 29.9 Å². The van der Waals surface area contributed by atoms with Crippen LogP contribution in [0.15, 0.2) is 60.8 Å². The molecule has 0 aliphatic carbocycles. The summed E-state index contributed by atoms with van der Waals surface area (Å²) in [6.07, 6.45) is 1.67. The number of carbonyl (C=O) groups is 4. The van der Waals surface area contributed by atoms with Crippen molar-refractivity contribution in [2.24, 2.45) is 0 Å². The van der Waals surface area contributed by atoms with E-state index in [1.54, 1.807) is 20.0 Å². The van der Waals surface area contributed by atoms with Gasteiger partial charge >= 0.3 is 12.1 Å². The lowest BCUT2D eigenvalue weighted by Gasteiger charge is -2.22. The molecule has 0 saturated heterocycles. The summed E-state index contributed by atoms with van der Waals surface area (Å²) in [6.45, 7) is 3.50. The molecule has 9 nitrogen and oxygen atoms in total. The second-order valence-electron chi connectivity index (χ2n) is 8.23. The molecule has 0 bridgehead atoms. The Kier molecular flexibility index (Phi) is 9.62. The highest BCUT2D eigenvalue weighted by Gasteiger charge is 2.32. The Bertz CT molecular complexity index is 1170. The van der Waals surface area contributed by atoms with Crippen molar-refractivity contribution in [1.29, 1.82) is 0 Å². The molecule has 0 spiro atoms. The summed E-state index contributed by atoms with van der Waals surface area (Å²) < 4.78 is 10.3. The molecule has 9 heteroatoms. The average molecular weight is 494 g/mol. The van der Waals surface area contributed by atoms with E-state index in [-0.39, 0.29) is 26.1 Å². The SMILES string of the molecule is CCCC(=O)C(NC(=O)[C@@H](Cc1c[nH]c2ccccc12)NC(=O)OCc1ccccc1)C(=O)OCC. The summed E-state index contributed by atoms with van der Waals surface area (Å²) in [5.74, 6) is -1.98. The van der Waals surface area contributed by atoms with Crippen molar-refractivity contribution in [2.75, 3.05) is 6.61 Å². The standard InChI is InChI=1S/C27H31N3O6/c1-3-10-23(31)24(26(33)35-4-2)30-25(32)22(15-19-16-28-21-14-9-8-13-20(19)21)29-27(34)36-17-18-11-6-5-7-12-18/h5-9,11-14,16,22,24,28H,3-4,10,15,17H2,1-2H3,(H,29,34)(H,30,32)/t22-,24?/m1/s1. The minimum atomic E-state index is -1.45. The van der Waals surface area contributed by atoms with Crippen LogP contribution in [0.25, 0.3) is 10.9 Å². The van der Waals surface area contributed by atoms with Crippen LogP contribution in [0, 0.1) is 0 Å². The van der Waals surface area contributed by atoms with Crippen molar-refractivity contribution < 1.29 is 28.7 Å². The Morgan fingerprint density at radius 2 is 1.64 bits per heavy atom. The Hall–Kier alpha value is -4.14. The lowest BCUT2D eigenvalue weighted by atomic mass is 10.0. The average Bonchev–Trinajstić information content (AvgIpc) is 3.29. The van der Waals surface area contributed by atoms with Crippen LogP contribution in [0.3, 0.4) is 0 Å². The van der Waals surface area contributed by atoms with Crippen molar-refractivity contribution in [3.63, 3.8) is 0 Å². The molecule has 1 unspecified atom stereocenters. The van der Waals surface area contributed by atoms with Crippen LogP contribution in [-0.2, 0) is 36.9 Å². The number of Topliss-reactive ketones (excluding diaryl/α,β-unsaturated/α-hetero) is 1. The minimum Gasteiger partial charge on any atom is -0.464 e. The number of H-pyrrole nitrogens is 1. The maximum Gasteiger partial charge on any atom is 0.408 e. The minimum absolute atomic E-state index is 0.0224. The zero-order chi connectivity index (χ0) is 25.9. The first-order valence-electron chi connectivity index (χ1n) is 11.9. The van der Waals surface area contributed by atoms with E-state index in [0.717, 1.165) is 22.0 Å². The molecule has 0 aliphatic heterocycles. The van der Waals surface area contributed by atoms with Gasteiger partial charge < -0.3 is 25.1 Å². The maximum absolute atomic E-state index is 13.3. The molecule has 3 rings (SSSR count). The summed E-state index contributed by atoms with van der Waals surface area (Å²) >= 11 is 0. The molecule has 1 aromatic heterocycles. The third kappa shape index (κ3) is 7.18. The molecular weight excluding hydrogens is 462 g/mol. The fraction of sp³-hybridized carbons (Fsp3) is 0.333. The van der Waals surface area contributed by atoms with E-state index >= 15 is 0 Å². The number of amides is 2. The smallest absolute Gasteiger partial charge is 0.408 e. The van der Waals surface area contributed by atoms with Crippen molar-refractivity contribution in [2.45, 2.75) is 51.8 Å². The molecule has 1 heterocycles. The number of benzene rings is 2. The van der Waals surface area contributed by atoms with Crippen molar-refractivity contribution in [3.05, 3.63) is 71.9 Å². The van der Waals surface area contributed by atoms with Crippen molar-refractivity contribution in [3.8, 4) is 0 Å². The third-order valence-electron chi connectivity index (χ3n) is 5.55. The van der Waals surface area contributed by atoms with Crippen LogP contribution in [0.4, 0.5) is 4.79 Å². The van der Waals surface area contributed by atoms with Crippen molar-refractivity contribution in [1.82, 2.24) is 15.6 Å². The Balaban J connectivity index is 1.79. The number of fused-ring (bicyclic) bond motifs is 1. The zero-order valence-electron chi connectivity index (χ0n) is 20.4. The number of rotatable bonds is 12.